The molecule has 8 nitrogen and oxygen atoms in total. The first-order chi connectivity index (χ1) is 15.7. The Morgan fingerprint density at radius 1 is 1.18 bits per heavy atom. The molecule has 1 aromatic heterocycles. The van der Waals surface area contributed by atoms with Crippen molar-refractivity contribution in [1.29, 1.82) is 0 Å². The fourth-order valence-corrected chi connectivity index (χ4v) is 6.41. The number of benzene rings is 2. The Morgan fingerprint density at radius 2 is 1.94 bits per heavy atom. The van der Waals surface area contributed by atoms with Crippen molar-refractivity contribution in [1.82, 2.24) is 15.2 Å². The zero-order valence-corrected chi connectivity index (χ0v) is 20.6. The Labute approximate surface area is 205 Å². The molecule has 0 spiro atoms. The molecule has 1 saturated heterocycles. The van der Waals surface area contributed by atoms with Crippen LogP contribution in [0.15, 0.2) is 35.2 Å². The van der Waals surface area contributed by atoms with Crippen molar-refractivity contribution in [2.45, 2.75) is 24.2 Å². The average Bonchev–Trinajstić information content (AvgIpc) is 3.39. The standard InChI is InChI=1S/C21H22Cl2N4O4S2/c22-15-6-5-14(18(23)19(15)33(29,30)31)13-4-7-16-17(12-13)32-21(25-16)26-20(28)24-8-3-11-27-9-1-2-10-27/h4-7,12H,1-3,8-11H2,(H,29,30,31)(H2,24,25,26,28). The van der Waals surface area contributed by atoms with Crippen LogP contribution >= 0.6 is 34.5 Å². The summed E-state index contributed by atoms with van der Waals surface area (Å²) in [5.74, 6) is 0. The van der Waals surface area contributed by atoms with E-state index < -0.39 is 15.0 Å². The van der Waals surface area contributed by atoms with E-state index in [2.05, 4.69) is 20.5 Å². The van der Waals surface area contributed by atoms with Gasteiger partial charge in [-0.2, -0.15) is 8.42 Å². The van der Waals surface area contributed by atoms with Gasteiger partial charge in [0.1, 0.15) is 4.90 Å². The summed E-state index contributed by atoms with van der Waals surface area (Å²) in [6.45, 7) is 3.84. The lowest BCUT2D eigenvalue weighted by Crippen LogP contribution is -2.31. The lowest BCUT2D eigenvalue weighted by atomic mass is 10.1. The maximum Gasteiger partial charge on any atom is 0.321 e. The maximum absolute atomic E-state index is 12.2. The van der Waals surface area contributed by atoms with Gasteiger partial charge in [-0.1, -0.05) is 46.7 Å². The topological polar surface area (TPSA) is 112 Å². The van der Waals surface area contributed by atoms with E-state index in [0.717, 1.165) is 30.8 Å². The van der Waals surface area contributed by atoms with Gasteiger partial charge in [-0.25, -0.2) is 9.78 Å². The Kier molecular flexibility index (Phi) is 7.42. The molecule has 1 fully saturated rings. The van der Waals surface area contributed by atoms with E-state index in [1.807, 2.05) is 0 Å². The summed E-state index contributed by atoms with van der Waals surface area (Å²) >= 11 is 13.5. The third-order valence-electron chi connectivity index (χ3n) is 5.36. The molecule has 0 saturated carbocycles. The van der Waals surface area contributed by atoms with Crippen molar-refractivity contribution >= 4 is 66.0 Å². The van der Waals surface area contributed by atoms with Gasteiger partial charge in [0.25, 0.3) is 10.1 Å². The van der Waals surface area contributed by atoms with Gasteiger partial charge >= 0.3 is 6.03 Å². The van der Waals surface area contributed by atoms with E-state index in [4.69, 9.17) is 23.2 Å². The molecule has 0 unspecified atom stereocenters. The average molecular weight is 529 g/mol. The van der Waals surface area contributed by atoms with Crippen molar-refractivity contribution in [3.8, 4) is 11.1 Å². The summed E-state index contributed by atoms with van der Waals surface area (Å²) < 4.78 is 33.6. The first kappa shape index (κ1) is 24.2. The molecule has 4 rings (SSSR count). The first-order valence-electron chi connectivity index (χ1n) is 10.4. The van der Waals surface area contributed by atoms with Crippen LogP contribution in [-0.4, -0.2) is 55.1 Å². The van der Waals surface area contributed by atoms with Gasteiger partial charge in [0, 0.05) is 12.1 Å². The highest BCUT2D eigenvalue weighted by Gasteiger charge is 2.22. The number of rotatable bonds is 7. The number of hydrogen-bond acceptors (Lipinski definition) is 6. The molecular formula is C21H22Cl2N4O4S2. The molecule has 3 aromatic rings. The predicted octanol–water partition coefficient (Wildman–Crippen LogP) is 5.12. The van der Waals surface area contributed by atoms with Gasteiger partial charge in [0.2, 0.25) is 0 Å². The highest BCUT2D eigenvalue weighted by Crippen LogP contribution is 2.39. The Hall–Kier alpha value is -1.95. The normalized spacial score (nSPS) is 14.6. The van der Waals surface area contributed by atoms with Crippen LogP contribution in [0, 0.1) is 0 Å². The molecular weight excluding hydrogens is 507 g/mol. The lowest BCUT2D eigenvalue weighted by molar-refractivity contribution is 0.251. The molecule has 2 amide bonds. The van der Waals surface area contributed by atoms with Gasteiger partial charge in [-0.15, -0.1) is 0 Å². The molecule has 0 bridgehead atoms. The summed E-state index contributed by atoms with van der Waals surface area (Å²) in [5, 5.41) is 5.72. The number of anilines is 1. The minimum Gasteiger partial charge on any atom is -0.338 e. The highest BCUT2D eigenvalue weighted by molar-refractivity contribution is 7.86. The number of carbonyl (C=O) groups is 1. The fraction of sp³-hybridized carbons (Fsp3) is 0.333. The molecule has 1 aliphatic rings. The number of nitrogens with zero attached hydrogens (tertiary/aromatic N) is 2. The number of amides is 2. The molecule has 3 N–H and O–H groups in total. The number of aromatic nitrogens is 1. The van der Waals surface area contributed by atoms with E-state index in [0.29, 0.717) is 28.3 Å². The predicted molar refractivity (Wildman–Crippen MR) is 132 cm³/mol. The minimum absolute atomic E-state index is 0.164. The number of hydrogen-bond donors (Lipinski definition) is 3. The van der Waals surface area contributed by atoms with Gasteiger partial charge < -0.3 is 10.2 Å². The van der Waals surface area contributed by atoms with Crippen LogP contribution in [0.1, 0.15) is 19.3 Å². The van der Waals surface area contributed by atoms with Gasteiger partial charge in [0.05, 0.1) is 20.3 Å². The summed E-state index contributed by atoms with van der Waals surface area (Å²) in [6.07, 6.45) is 3.39. The smallest absolute Gasteiger partial charge is 0.321 e. The number of nitrogens with one attached hydrogen (secondary N) is 2. The van der Waals surface area contributed by atoms with Crippen molar-refractivity contribution in [2.24, 2.45) is 0 Å². The van der Waals surface area contributed by atoms with E-state index in [1.165, 1.54) is 30.2 Å². The molecule has 12 heteroatoms. The number of thiazole rings is 1. The van der Waals surface area contributed by atoms with Gasteiger partial charge in [-0.3, -0.25) is 9.87 Å². The second-order valence-corrected chi connectivity index (χ2v) is 10.9. The van der Waals surface area contributed by atoms with E-state index in [-0.39, 0.29) is 16.1 Å². The molecule has 0 atom stereocenters. The zero-order valence-electron chi connectivity index (χ0n) is 17.5. The van der Waals surface area contributed by atoms with Crippen LogP contribution < -0.4 is 10.6 Å². The monoisotopic (exact) mass is 528 g/mol. The van der Waals surface area contributed by atoms with E-state index in [1.54, 1.807) is 24.3 Å². The summed E-state index contributed by atoms with van der Waals surface area (Å²) in [5.41, 5.74) is 1.69. The Morgan fingerprint density at radius 3 is 2.67 bits per heavy atom. The van der Waals surface area contributed by atoms with Crippen LogP contribution in [0.25, 0.3) is 21.3 Å². The SMILES string of the molecule is O=C(NCCCN1CCCC1)Nc1nc2ccc(-c3ccc(Cl)c(S(=O)(=O)O)c3Cl)cc2s1. The molecule has 1 aliphatic heterocycles. The third-order valence-corrected chi connectivity index (χ3v) is 8.17. The van der Waals surface area contributed by atoms with E-state index >= 15 is 0 Å². The number of halogens is 2. The van der Waals surface area contributed by atoms with Crippen LogP contribution in [0.3, 0.4) is 0 Å². The second kappa shape index (κ2) is 10.1. The minimum atomic E-state index is -4.59. The Balaban J connectivity index is 1.45. The van der Waals surface area contributed by atoms with Crippen LogP contribution in [-0.2, 0) is 10.1 Å². The lowest BCUT2D eigenvalue weighted by Gasteiger charge is -2.14. The summed E-state index contributed by atoms with van der Waals surface area (Å²) in [7, 11) is -4.59. The molecule has 33 heavy (non-hydrogen) atoms. The number of likely N-dealkylation sites (tertiary alicyclic amines) is 1. The maximum atomic E-state index is 12.2. The first-order valence-corrected chi connectivity index (χ1v) is 13.4. The second-order valence-electron chi connectivity index (χ2n) is 7.70. The molecule has 176 valence electrons. The molecule has 2 heterocycles. The van der Waals surface area contributed by atoms with E-state index in [9.17, 15) is 17.8 Å². The molecule has 0 aliphatic carbocycles. The van der Waals surface area contributed by atoms with Crippen molar-refractivity contribution in [2.75, 3.05) is 31.5 Å². The number of carbonyl (C=O) groups excluding carboxylic acids is 1. The largest absolute Gasteiger partial charge is 0.338 e. The third kappa shape index (κ3) is 5.76. The number of fused-ring (bicyclic) bond motifs is 1. The molecule has 0 radical (unpaired) electrons. The fourth-order valence-electron chi connectivity index (χ4n) is 3.79. The van der Waals surface area contributed by atoms with Gasteiger partial charge in [0.15, 0.2) is 5.13 Å². The van der Waals surface area contributed by atoms with Crippen LogP contribution in [0.4, 0.5) is 9.93 Å². The van der Waals surface area contributed by atoms with Crippen LogP contribution in [0.2, 0.25) is 10.0 Å². The quantitative estimate of drug-likeness (QED) is 0.289. The van der Waals surface area contributed by atoms with Gasteiger partial charge in [-0.05, 0) is 62.7 Å². The summed E-state index contributed by atoms with van der Waals surface area (Å²) in [6, 6.07) is 7.90. The number of urea groups is 1. The summed E-state index contributed by atoms with van der Waals surface area (Å²) in [4.78, 5) is 18.5. The molecule has 2 aromatic carbocycles. The van der Waals surface area contributed by atoms with Crippen molar-refractivity contribution in [3.63, 3.8) is 0 Å². The van der Waals surface area contributed by atoms with Crippen LogP contribution in [0.5, 0.6) is 0 Å². The Bertz CT molecular complexity index is 1290. The van der Waals surface area contributed by atoms with Crippen molar-refractivity contribution in [3.05, 3.63) is 40.4 Å². The van der Waals surface area contributed by atoms with Crippen molar-refractivity contribution < 1.29 is 17.8 Å². The highest BCUT2D eigenvalue weighted by atomic mass is 35.5. The zero-order chi connectivity index (χ0) is 23.6.